The van der Waals surface area contributed by atoms with E-state index in [4.69, 9.17) is 5.11 Å². The fourth-order valence-corrected chi connectivity index (χ4v) is 2.28. The van der Waals surface area contributed by atoms with Crippen molar-refractivity contribution in [1.29, 1.82) is 0 Å². The summed E-state index contributed by atoms with van der Waals surface area (Å²) in [5, 5.41) is 13.8. The van der Waals surface area contributed by atoms with Gasteiger partial charge in [-0.1, -0.05) is 0 Å². The predicted octanol–water partition coefficient (Wildman–Crippen LogP) is 1.95. The fourth-order valence-electron chi connectivity index (χ4n) is 2.28. The summed E-state index contributed by atoms with van der Waals surface area (Å²) < 4.78 is 0. The van der Waals surface area contributed by atoms with Gasteiger partial charge in [-0.3, -0.25) is 10.1 Å². The number of nitrogens with one attached hydrogen (secondary N) is 2. The summed E-state index contributed by atoms with van der Waals surface area (Å²) in [6.45, 7) is 0.336. The molecule has 0 unspecified atom stereocenters. The van der Waals surface area contributed by atoms with Crippen molar-refractivity contribution in [2.24, 2.45) is 0 Å². The Morgan fingerprint density at radius 3 is 2.75 bits per heavy atom. The Hall–Kier alpha value is -2.11. The zero-order chi connectivity index (χ0) is 14.4. The molecule has 0 aliphatic heterocycles. The van der Waals surface area contributed by atoms with Crippen LogP contribution in [0.2, 0.25) is 0 Å². The van der Waals surface area contributed by atoms with Gasteiger partial charge in [0.1, 0.15) is 5.82 Å². The number of pyridine rings is 1. The van der Waals surface area contributed by atoms with Gasteiger partial charge < -0.3 is 10.4 Å². The highest BCUT2D eigenvalue weighted by Crippen LogP contribution is 2.22. The van der Waals surface area contributed by atoms with Gasteiger partial charge >= 0.3 is 12.0 Å². The van der Waals surface area contributed by atoms with Crippen LogP contribution in [0, 0.1) is 0 Å². The van der Waals surface area contributed by atoms with Crippen molar-refractivity contribution in [3.63, 3.8) is 0 Å². The molecular weight excluding hydrogens is 258 g/mol. The van der Waals surface area contributed by atoms with Crippen LogP contribution in [-0.2, 0) is 17.6 Å². The van der Waals surface area contributed by atoms with Crippen LogP contribution in [0.1, 0.15) is 36.8 Å². The van der Waals surface area contributed by atoms with E-state index in [-0.39, 0.29) is 12.5 Å². The molecule has 1 aliphatic rings. The van der Waals surface area contributed by atoms with E-state index in [1.54, 1.807) is 0 Å². The van der Waals surface area contributed by atoms with Gasteiger partial charge in [0.15, 0.2) is 0 Å². The number of hydrogen-bond acceptors (Lipinski definition) is 3. The molecule has 20 heavy (non-hydrogen) atoms. The number of fused-ring (bicyclic) bond motifs is 1. The van der Waals surface area contributed by atoms with Crippen molar-refractivity contribution in [2.75, 3.05) is 11.9 Å². The van der Waals surface area contributed by atoms with Crippen LogP contribution in [0.3, 0.4) is 0 Å². The molecule has 2 amide bonds. The van der Waals surface area contributed by atoms with Crippen molar-refractivity contribution in [3.05, 3.63) is 23.4 Å². The average molecular weight is 277 g/mol. The molecule has 1 aromatic heterocycles. The minimum Gasteiger partial charge on any atom is -0.481 e. The lowest BCUT2D eigenvalue weighted by Gasteiger charge is -2.16. The fraction of sp³-hybridized carbons (Fsp3) is 0.500. The molecule has 0 radical (unpaired) electrons. The van der Waals surface area contributed by atoms with Crippen LogP contribution >= 0.6 is 0 Å². The highest BCUT2D eigenvalue weighted by atomic mass is 16.4. The lowest BCUT2D eigenvalue weighted by molar-refractivity contribution is -0.137. The second-order valence-electron chi connectivity index (χ2n) is 4.92. The van der Waals surface area contributed by atoms with Crippen LogP contribution in [0.4, 0.5) is 10.6 Å². The van der Waals surface area contributed by atoms with Gasteiger partial charge in [0, 0.05) is 19.2 Å². The van der Waals surface area contributed by atoms with E-state index >= 15 is 0 Å². The van der Waals surface area contributed by atoms with E-state index in [2.05, 4.69) is 15.6 Å². The number of hydrogen-bond donors (Lipinski definition) is 3. The quantitative estimate of drug-likeness (QED) is 0.717. The average Bonchev–Trinajstić information content (AvgIpc) is 2.43. The first-order valence-electron chi connectivity index (χ1n) is 6.89. The maximum atomic E-state index is 11.6. The maximum Gasteiger partial charge on any atom is 0.320 e. The SMILES string of the molecule is O=C(O)CCCNC(=O)Nc1cc2c(cn1)CCCC2. The number of aliphatic carboxylic acids is 1. The first-order chi connectivity index (χ1) is 9.65. The van der Waals surface area contributed by atoms with Crippen molar-refractivity contribution in [1.82, 2.24) is 10.3 Å². The Labute approximate surface area is 117 Å². The van der Waals surface area contributed by atoms with E-state index < -0.39 is 5.97 Å². The molecule has 1 heterocycles. The Bertz CT molecular complexity index is 502. The Balaban J connectivity index is 1.80. The van der Waals surface area contributed by atoms with Gasteiger partial charge in [-0.05, 0) is 49.3 Å². The number of anilines is 1. The highest BCUT2D eigenvalue weighted by molar-refractivity contribution is 5.88. The summed E-state index contributed by atoms with van der Waals surface area (Å²) in [5.74, 6) is -0.315. The van der Waals surface area contributed by atoms with Gasteiger partial charge in [0.05, 0.1) is 0 Å². The smallest absolute Gasteiger partial charge is 0.320 e. The molecule has 3 N–H and O–H groups in total. The molecule has 1 aliphatic carbocycles. The summed E-state index contributed by atoms with van der Waals surface area (Å²) in [4.78, 5) is 26.2. The summed E-state index contributed by atoms with van der Waals surface area (Å²) in [7, 11) is 0. The summed E-state index contributed by atoms with van der Waals surface area (Å²) >= 11 is 0. The van der Waals surface area contributed by atoms with Crippen LogP contribution in [0.25, 0.3) is 0 Å². The Morgan fingerprint density at radius 2 is 2.00 bits per heavy atom. The van der Waals surface area contributed by atoms with Crippen molar-refractivity contribution in [3.8, 4) is 0 Å². The summed E-state index contributed by atoms with van der Waals surface area (Å²) in [6.07, 6.45) is 6.77. The number of aryl methyl sites for hydroxylation is 2. The zero-order valence-corrected chi connectivity index (χ0v) is 11.3. The number of urea groups is 1. The number of amides is 2. The van der Waals surface area contributed by atoms with Gasteiger partial charge in [-0.25, -0.2) is 9.78 Å². The molecule has 1 aromatic rings. The minimum absolute atomic E-state index is 0.0530. The van der Waals surface area contributed by atoms with Crippen molar-refractivity contribution in [2.45, 2.75) is 38.5 Å². The molecule has 0 bridgehead atoms. The molecule has 2 rings (SSSR count). The molecule has 0 saturated heterocycles. The van der Waals surface area contributed by atoms with Crippen LogP contribution in [0.15, 0.2) is 12.3 Å². The molecule has 0 spiro atoms. The Morgan fingerprint density at radius 1 is 1.25 bits per heavy atom. The highest BCUT2D eigenvalue weighted by Gasteiger charge is 2.11. The lowest BCUT2D eigenvalue weighted by Crippen LogP contribution is -2.30. The molecule has 6 nitrogen and oxygen atoms in total. The molecule has 0 atom stereocenters. The topological polar surface area (TPSA) is 91.3 Å². The number of carbonyl (C=O) groups is 2. The van der Waals surface area contributed by atoms with Crippen LogP contribution in [0.5, 0.6) is 0 Å². The largest absolute Gasteiger partial charge is 0.481 e. The second-order valence-corrected chi connectivity index (χ2v) is 4.92. The number of rotatable bonds is 5. The third-order valence-corrected chi connectivity index (χ3v) is 3.32. The van der Waals surface area contributed by atoms with Gasteiger partial charge in [-0.2, -0.15) is 0 Å². The third-order valence-electron chi connectivity index (χ3n) is 3.32. The first-order valence-corrected chi connectivity index (χ1v) is 6.89. The Kier molecular flexibility index (Phi) is 4.92. The number of carboxylic acids is 1. The number of aromatic nitrogens is 1. The van der Waals surface area contributed by atoms with E-state index in [9.17, 15) is 9.59 Å². The van der Waals surface area contributed by atoms with Crippen molar-refractivity contribution < 1.29 is 14.7 Å². The van der Waals surface area contributed by atoms with Crippen molar-refractivity contribution >= 4 is 17.8 Å². The van der Waals surface area contributed by atoms with E-state index in [1.165, 1.54) is 24.0 Å². The van der Waals surface area contributed by atoms with Gasteiger partial charge in [0.25, 0.3) is 0 Å². The zero-order valence-electron chi connectivity index (χ0n) is 11.3. The minimum atomic E-state index is -0.858. The van der Waals surface area contributed by atoms with Gasteiger partial charge in [-0.15, -0.1) is 0 Å². The van der Waals surface area contributed by atoms with Crippen LogP contribution in [-0.4, -0.2) is 28.6 Å². The van der Waals surface area contributed by atoms with E-state index in [0.717, 1.165) is 12.8 Å². The number of carbonyl (C=O) groups excluding carboxylic acids is 1. The standard InChI is InChI=1S/C14H19N3O3/c18-13(19)6-3-7-15-14(20)17-12-8-10-4-1-2-5-11(10)9-16-12/h8-9H,1-7H2,(H,18,19)(H2,15,16,17,20). The number of nitrogens with zero attached hydrogens (tertiary/aromatic N) is 1. The molecule has 0 aromatic carbocycles. The summed E-state index contributed by atoms with van der Waals surface area (Å²) in [5.41, 5.74) is 2.52. The predicted molar refractivity (Wildman–Crippen MR) is 74.8 cm³/mol. The molecule has 0 saturated carbocycles. The lowest BCUT2D eigenvalue weighted by atomic mass is 9.93. The third kappa shape index (κ3) is 4.22. The van der Waals surface area contributed by atoms with E-state index in [0.29, 0.717) is 18.8 Å². The summed E-state index contributed by atoms with van der Waals surface area (Å²) in [6, 6.07) is 1.57. The monoisotopic (exact) mass is 277 g/mol. The van der Waals surface area contributed by atoms with Crippen LogP contribution < -0.4 is 10.6 Å². The molecule has 6 heteroatoms. The van der Waals surface area contributed by atoms with Gasteiger partial charge in [0.2, 0.25) is 0 Å². The molecule has 108 valence electrons. The molecule has 0 fully saturated rings. The first kappa shape index (κ1) is 14.3. The number of carboxylic acid groups (broad SMARTS) is 1. The maximum absolute atomic E-state index is 11.6. The second kappa shape index (κ2) is 6.88. The molecular formula is C14H19N3O3. The van der Waals surface area contributed by atoms with E-state index in [1.807, 2.05) is 12.3 Å². The normalized spacial score (nSPS) is 13.4.